The van der Waals surface area contributed by atoms with E-state index in [1.807, 2.05) is 6.07 Å². The van der Waals surface area contributed by atoms with Crippen LogP contribution in [0.4, 0.5) is 11.4 Å². The number of thiazole rings is 1. The number of aromatic nitrogens is 1. The monoisotopic (exact) mass is 595 g/mol. The molecule has 0 radical (unpaired) electrons. The summed E-state index contributed by atoms with van der Waals surface area (Å²) in [6.45, 7) is -0.215. The van der Waals surface area contributed by atoms with Gasteiger partial charge in [0.25, 0.3) is 0 Å². The number of furan rings is 1. The van der Waals surface area contributed by atoms with Gasteiger partial charge in [0, 0.05) is 10.2 Å². The lowest BCUT2D eigenvalue weighted by Gasteiger charge is -2.29. The van der Waals surface area contributed by atoms with Gasteiger partial charge >= 0.3 is 4.87 Å². The number of carbonyl (C=O) groups is 3. The van der Waals surface area contributed by atoms with Crippen molar-refractivity contribution in [1.82, 2.24) is 4.57 Å². The molecule has 4 heterocycles. The van der Waals surface area contributed by atoms with Crippen LogP contribution >= 0.6 is 39.0 Å². The van der Waals surface area contributed by atoms with E-state index in [9.17, 15) is 19.2 Å². The van der Waals surface area contributed by atoms with Crippen molar-refractivity contribution in [3.05, 3.63) is 97.8 Å². The van der Waals surface area contributed by atoms with E-state index in [1.165, 1.54) is 27.5 Å². The Labute approximate surface area is 227 Å². The van der Waals surface area contributed by atoms with E-state index < -0.39 is 17.1 Å². The first-order valence-corrected chi connectivity index (χ1v) is 13.8. The lowest BCUT2D eigenvalue weighted by atomic mass is 9.87. The van der Waals surface area contributed by atoms with E-state index in [4.69, 9.17) is 4.42 Å². The molecule has 186 valence electrons. The second kappa shape index (κ2) is 9.47. The molecule has 1 saturated heterocycles. The number of fused-ring (bicyclic) bond motifs is 2. The highest BCUT2D eigenvalue weighted by Gasteiger charge is 2.57. The standard InChI is InChI=1S/C26H18BrN3O5S2/c27-14-8-10-16(11-9-14)30-23(32)20-19(17-7-4-12-35-17)22-25(36-21(20)24(30)33)29(26(34)37-22)13-18(31)28-15-5-2-1-3-6-15/h1-12,19-21H,13H2,(H,28,31)/t19-,20?,21?/m1/s1. The number of nitrogens with one attached hydrogen (secondary N) is 1. The quantitative estimate of drug-likeness (QED) is 0.336. The fraction of sp³-hybridized carbons (Fsp3) is 0.154. The molecule has 2 aromatic heterocycles. The minimum Gasteiger partial charge on any atom is -0.469 e. The molecule has 0 spiro atoms. The number of rotatable bonds is 5. The van der Waals surface area contributed by atoms with Crippen molar-refractivity contribution in [3.8, 4) is 0 Å². The molecule has 0 saturated carbocycles. The molecular weight excluding hydrogens is 578 g/mol. The highest BCUT2D eigenvalue weighted by Crippen LogP contribution is 2.53. The molecule has 3 atom stereocenters. The molecule has 11 heteroatoms. The van der Waals surface area contributed by atoms with E-state index in [1.54, 1.807) is 60.7 Å². The van der Waals surface area contributed by atoms with E-state index in [0.29, 0.717) is 27.0 Å². The van der Waals surface area contributed by atoms with Crippen molar-refractivity contribution in [1.29, 1.82) is 0 Å². The molecule has 2 aliphatic heterocycles. The van der Waals surface area contributed by atoms with E-state index >= 15 is 0 Å². The second-order valence-corrected chi connectivity index (χ2v) is 11.6. The maximum atomic E-state index is 13.7. The number of carbonyl (C=O) groups excluding carboxylic acids is 3. The summed E-state index contributed by atoms with van der Waals surface area (Å²) in [5, 5.41) is 2.54. The Bertz CT molecular complexity index is 1560. The fourth-order valence-corrected chi connectivity index (χ4v) is 7.76. The fourth-order valence-electron chi connectivity index (χ4n) is 4.74. The molecule has 0 bridgehead atoms. The number of benzene rings is 2. The van der Waals surface area contributed by atoms with Crippen molar-refractivity contribution < 1.29 is 18.8 Å². The van der Waals surface area contributed by atoms with Gasteiger partial charge in [-0.1, -0.05) is 57.2 Å². The lowest BCUT2D eigenvalue weighted by Crippen LogP contribution is -2.32. The van der Waals surface area contributed by atoms with Crippen LogP contribution in [0, 0.1) is 5.92 Å². The molecule has 1 N–H and O–H groups in total. The molecule has 6 rings (SSSR count). The predicted octanol–water partition coefficient (Wildman–Crippen LogP) is 4.70. The minimum absolute atomic E-state index is 0.215. The number of amides is 3. The zero-order valence-electron chi connectivity index (χ0n) is 19.0. The maximum absolute atomic E-state index is 13.7. The number of thioether (sulfide) groups is 1. The lowest BCUT2D eigenvalue weighted by molar-refractivity contribution is -0.122. The van der Waals surface area contributed by atoms with Crippen LogP contribution in [-0.2, 0) is 20.9 Å². The van der Waals surface area contributed by atoms with Crippen LogP contribution in [0.25, 0.3) is 0 Å². The zero-order chi connectivity index (χ0) is 25.7. The summed E-state index contributed by atoms with van der Waals surface area (Å²) in [6, 6.07) is 19.4. The number of para-hydroxylation sites is 1. The molecule has 4 aromatic rings. The van der Waals surface area contributed by atoms with Crippen LogP contribution < -0.4 is 15.1 Å². The number of nitrogens with zero attached hydrogens (tertiary/aromatic N) is 2. The number of halogens is 1. The first-order valence-electron chi connectivity index (χ1n) is 11.3. The van der Waals surface area contributed by atoms with Gasteiger partial charge in [-0.2, -0.15) is 0 Å². The number of hydrogen-bond donors (Lipinski definition) is 1. The summed E-state index contributed by atoms with van der Waals surface area (Å²) in [6.07, 6.45) is 1.51. The van der Waals surface area contributed by atoms with Crippen molar-refractivity contribution in [2.45, 2.75) is 22.7 Å². The summed E-state index contributed by atoms with van der Waals surface area (Å²) < 4.78 is 7.92. The van der Waals surface area contributed by atoms with Crippen molar-refractivity contribution >= 4 is 68.1 Å². The van der Waals surface area contributed by atoms with Crippen LogP contribution in [-0.4, -0.2) is 27.5 Å². The Morgan fingerprint density at radius 3 is 2.43 bits per heavy atom. The van der Waals surface area contributed by atoms with Gasteiger partial charge in [-0.05, 0) is 48.5 Å². The summed E-state index contributed by atoms with van der Waals surface area (Å²) in [5.74, 6) is -1.93. The van der Waals surface area contributed by atoms with Crippen molar-refractivity contribution in [2.24, 2.45) is 5.92 Å². The maximum Gasteiger partial charge on any atom is 0.308 e. The van der Waals surface area contributed by atoms with E-state index in [-0.39, 0.29) is 29.1 Å². The summed E-state index contributed by atoms with van der Waals surface area (Å²) in [7, 11) is 0. The normalized spacial score (nSPS) is 20.6. The zero-order valence-corrected chi connectivity index (χ0v) is 22.2. The molecule has 1 fully saturated rings. The van der Waals surface area contributed by atoms with Gasteiger partial charge in [-0.25, -0.2) is 4.90 Å². The molecule has 0 aliphatic carbocycles. The van der Waals surface area contributed by atoms with Gasteiger partial charge in [-0.15, -0.1) is 0 Å². The average molecular weight is 596 g/mol. The molecule has 3 amide bonds. The Hall–Kier alpha value is -3.41. The van der Waals surface area contributed by atoms with E-state index in [0.717, 1.165) is 15.8 Å². The average Bonchev–Trinajstić information content (AvgIpc) is 3.58. The number of hydrogen-bond acceptors (Lipinski definition) is 7. The highest BCUT2D eigenvalue weighted by molar-refractivity contribution is 9.10. The van der Waals surface area contributed by atoms with Gasteiger partial charge in [0.05, 0.1) is 33.7 Å². The highest BCUT2D eigenvalue weighted by atomic mass is 79.9. The van der Waals surface area contributed by atoms with Gasteiger partial charge in [0.15, 0.2) is 0 Å². The molecule has 2 unspecified atom stereocenters. The Morgan fingerprint density at radius 1 is 0.973 bits per heavy atom. The van der Waals surface area contributed by atoms with E-state index in [2.05, 4.69) is 21.2 Å². The van der Waals surface area contributed by atoms with Crippen molar-refractivity contribution in [3.63, 3.8) is 0 Å². The molecular formula is C26H18BrN3O5S2. The molecule has 2 aliphatic rings. The Balaban J connectivity index is 1.39. The number of imide groups is 1. The molecule has 2 aromatic carbocycles. The Morgan fingerprint density at radius 2 is 1.73 bits per heavy atom. The van der Waals surface area contributed by atoms with Crippen LogP contribution in [0.3, 0.4) is 0 Å². The smallest absolute Gasteiger partial charge is 0.308 e. The van der Waals surface area contributed by atoms with Crippen LogP contribution in [0.1, 0.15) is 16.6 Å². The Kier molecular flexibility index (Phi) is 6.13. The van der Waals surface area contributed by atoms with Gasteiger partial charge in [0.1, 0.15) is 17.6 Å². The first kappa shape index (κ1) is 24.0. The first-order chi connectivity index (χ1) is 17.9. The van der Waals surface area contributed by atoms with Crippen LogP contribution in [0.5, 0.6) is 0 Å². The second-order valence-electron chi connectivity index (χ2n) is 8.58. The third kappa shape index (κ3) is 4.16. The SMILES string of the molecule is O=C(Cn1c2c(sc1=O)[C@H](c1ccco1)C1C(=O)N(c3ccc(Br)cc3)C(=O)C1S2)Nc1ccccc1. The van der Waals surface area contributed by atoms with Gasteiger partial charge in [0.2, 0.25) is 17.7 Å². The summed E-state index contributed by atoms with van der Waals surface area (Å²) in [4.78, 5) is 54.7. The van der Waals surface area contributed by atoms with Crippen LogP contribution in [0.15, 0.2) is 91.7 Å². The predicted molar refractivity (Wildman–Crippen MR) is 144 cm³/mol. The summed E-state index contributed by atoms with van der Waals surface area (Å²) >= 11 is 5.53. The van der Waals surface area contributed by atoms with Gasteiger partial charge in [-0.3, -0.25) is 23.7 Å². The third-order valence-corrected chi connectivity index (χ3v) is 9.48. The molecule has 37 heavy (non-hydrogen) atoms. The topological polar surface area (TPSA) is 102 Å². The van der Waals surface area contributed by atoms with Crippen molar-refractivity contribution in [2.75, 3.05) is 10.2 Å². The van der Waals surface area contributed by atoms with Crippen LogP contribution in [0.2, 0.25) is 0 Å². The third-order valence-electron chi connectivity index (χ3n) is 6.34. The van der Waals surface area contributed by atoms with Gasteiger partial charge < -0.3 is 9.73 Å². The molecule has 8 nitrogen and oxygen atoms in total. The largest absolute Gasteiger partial charge is 0.469 e. The summed E-state index contributed by atoms with van der Waals surface area (Å²) in [5.41, 5.74) is 1.10. The minimum atomic E-state index is -0.767. The number of anilines is 2.